The van der Waals surface area contributed by atoms with Gasteiger partial charge in [0.15, 0.2) is 0 Å². The lowest BCUT2D eigenvalue weighted by atomic mass is 9.96. The summed E-state index contributed by atoms with van der Waals surface area (Å²) in [7, 11) is 1.85. The molecule has 2 N–H and O–H groups in total. The maximum absolute atomic E-state index is 5.43. The van der Waals surface area contributed by atoms with E-state index in [4.69, 9.17) is 4.42 Å². The Morgan fingerprint density at radius 1 is 1.27 bits per heavy atom. The van der Waals surface area contributed by atoms with Crippen molar-refractivity contribution >= 4 is 6.01 Å². The quantitative estimate of drug-likeness (QED) is 0.752. The predicted molar refractivity (Wildman–Crippen MR) is 59.7 cm³/mol. The lowest BCUT2D eigenvalue weighted by Crippen LogP contribution is -2.33. The Kier molecular flexibility index (Phi) is 4.08. The number of nitrogens with one attached hydrogen (secondary N) is 2. The van der Waals surface area contributed by atoms with Gasteiger partial charge in [0.2, 0.25) is 5.89 Å². The number of aromatic nitrogens is 2. The van der Waals surface area contributed by atoms with Crippen LogP contribution in [0.25, 0.3) is 0 Å². The van der Waals surface area contributed by atoms with E-state index in [0.717, 1.165) is 12.8 Å². The van der Waals surface area contributed by atoms with Crippen LogP contribution in [0.3, 0.4) is 0 Å². The van der Waals surface area contributed by atoms with Crippen LogP contribution in [0.5, 0.6) is 0 Å². The summed E-state index contributed by atoms with van der Waals surface area (Å²) in [5, 5.41) is 14.1. The summed E-state index contributed by atoms with van der Waals surface area (Å²) in [4.78, 5) is 0. The molecule has 0 amide bonds. The fourth-order valence-corrected chi connectivity index (χ4v) is 1.21. The summed E-state index contributed by atoms with van der Waals surface area (Å²) in [6, 6.07) is 0.506. The minimum absolute atomic E-state index is 0.0312. The summed E-state index contributed by atoms with van der Waals surface area (Å²) >= 11 is 0. The van der Waals surface area contributed by atoms with Crippen LogP contribution < -0.4 is 10.6 Å². The first-order chi connectivity index (χ1) is 7.13. The van der Waals surface area contributed by atoms with Crippen molar-refractivity contribution in [2.24, 2.45) is 0 Å². The average molecular weight is 212 g/mol. The molecule has 1 aromatic rings. The van der Waals surface area contributed by atoms with Crippen molar-refractivity contribution in [1.82, 2.24) is 15.5 Å². The molecule has 0 aromatic carbocycles. The van der Waals surface area contributed by atoms with E-state index in [1.165, 1.54) is 0 Å². The third kappa shape index (κ3) is 3.20. The van der Waals surface area contributed by atoms with Gasteiger partial charge in [-0.1, -0.05) is 18.9 Å². The zero-order valence-corrected chi connectivity index (χ0v) is 9.92. The van der Waals surface area contributed by atoms with E-state index in [9.17, 15) is 0 Å². The van der Waals surface area contributed by atoms with Crippen LogP contribution in [-0.2, 0) is 6.54 Å². The normalized spacial score (nSPS) is 11.7. The van der Waals surface area contributed by atoms with Crippen LogP contribution in [0.4, 0.5) is 6.01 Å². The van der Waals surface area contributed by atoms with Crippen molar-refractivity contribution in [2.45, 2.75) is 45.7 Å². The van der Waals surface area contributed by atoms with Crippen LogP contribution in [-0.4, -0.2) is 22.8 Å². The van der Waals surface area contributed by atoms with Gasteiger partial charge in [-0.3, -0.25) is 0 Å². The topological polar surface area (TPSA) is 63.0 Å². The highest BCUT2D eigenvalue weighted by Gasteiger charge is 2.21. The molecule has 0 bridgehead atoms. The first-order valence-corrected chi connectivity index (χ1v) is 5.38. The Morgan fingerprint density at radius 2 is 1.93 bits per heavy atom. The van der Waals surface area contributed by atoms with Gasteiger partial charge in [0.25, 0.3) is 0 Å². The van der Waals surface area contributed by atoms with Gasteiger partial charge in [-0.15, -0.1) is 5.10 Å². The van der Waals surface area contributed by atoms with Gasteiger partial charge in [0.05, 0.1) is 6.54 Å². The summed E-state index contributed by atoms with van der Waals surface area (Å²) in [6.07, 6.45) is 2.04. The van der Waals surface area contributed by atoms with Crippen molar-refractivity contribution < 1.29 is 4.42 Å². The van der Waals surface area contributed by atoms with E-state index >= 15 is 0 Å². The van der Waals surface area contributed by atoms with Gasteiger partial charge in [-0.25, -0.2) is 0 Å². The largest absolute Gasteiger partial charge is 0.407 e. The Hall–Kier alpha value is -1.10. The summed E-state index contributed by atoms with van der Waals surface area (Å²) in [6.45, 7) is 7.03. The van der Waals surface area contributed by atoms with Gasteiger partial charge in [-0.05, 0) is 26.8 Å². The number of hydrogen-bond donors (Lipinski definition) is 2. The van der Waals surface area contributed by atoms with Crippen LogP contribution in [0, 0.1) is 0 Å². The van der Waals surface area contributed by atoms with Crippen molar-refractivity contribution in [3.05, 3.63) is 5.89 Å². The van der Waals surface area contributed by atoms with Crippen molar-refractivity contribution in [3.63, 3.8) is 0 Å². The number of anilines is 1. The fraction of sp³-hybridized carbons (Fsp3) is 0.800. The smallest absolute Gasteiger partial charge is 0.315 e. The first-order valence-electron chi connectivity index (χ1n) is 5.38. The zero-order chi connectivity index (χ0) is 11.3. The Balaban J connectivity index is 2.63. The van der Waals surface area contributed by atoms with Crippen LogP contribution in [0.15, 0.2) is 4.42 Å². The van der Waals surface area contributed by atoms with Crippen LogP contribution in [0.2, 0.25) is 0 Å². The van der Waals surface area contributed by atoms with Crippen molar-refractivity contribution in [1.29, 1.82) is 0 Å². The SMILES string of the molecule is CCC(C)(CC)Nc1nnc(CNC)o1. The van der Waals surface area contributed by atoms with Gasteiger partial charge >= 0.3 is 6.01 Å². The third-order valence-corrected chi connectivity index (χ3v) is 2.76. The minimum atomic E-state index is 0.0312. The maximum atomic E-state index is 5.43. The molecule has 0 aliphatic carbocycles. The van der Waals surface area contributed by atoms with Gasteiger partial charge in [0.1, 0.15) is 0 Å². The number of hydrogen-bond acceptors (Lipinski definition) is 5. The molecular formula is C10H20N4O. The predicted octanol–water partition coefficient (Wildman–Crippen LogP) is 1.78. The van der Waals surface area contributed by atoms with E-state index in [1.807, 2.05) is 7.05 Å². The molecule has 86 valence electrons. The second kappa shape index (κ2) is 5.11. The monoisotopic (exact) mass is 212 g/mol. The molecule has 0 saturated carbocycles. The summed E-state index contributed by atoms with van der Waals surface area (Å²) in [5.74, 6) is 0.606. The molecule has 0 aliphatic heterocycles. The van der Waals surface area contributed by atoms with Gasteiger partial charge in [0, 0.05) is 5.54 Å². The van der Waals surface area contributed by atoms with E-state index in [1.54, 1.807) is 0 Å². The van der Waals surface area contributed by atoms with E-state index < -0.39 is 0 Å². The molecular weight excluding hydrogens is 192 g/mol. The highest BCUT2D eigenvalue weighted by atomic mass is 16.4. The molecule has 1 rings (SSSR count). The third-order valence-electron chi connectivity index (χ3n) is 2.76. The van der Waals surface area contributed by atoms with Crippen molar-refractivity contribution in [2.75, 3.05) is 12.4 Å². The highest BCUT2D eigenvalue weighted by Crippen LogP contribution is 2.20. The molecule has 5 heteroatoms. The molecule has 1 aromatic heterocycles. The van der Waals surface area contributed by atoms with Gasteiger partial charge in [-0.2, -0.15) is 0 Å². The van der Waals surface area contributed by atoms with Crippen LogP contribution >= 0.6 is 0 Å². The second-order valence-corrected chi connectivity index (χ2v) is 3.92. The zero-order valence-electron chi connectivity index (χ0n) is 9.92. The van der Waals surface area contributed by atoms with Crippen LogP contribution in [0.1, 0.15) is 39.5 Å². The molecule has 0 saturated heterocycles. The fourth-order valence-electron chi connectivity index (χ4n) is 1.21. The Bertz CT molecular complexity index is 293. The number of rotatable bonds is 6. The Morgan fingerprint density at radius 3 is 2.47 bits per heavy atom. The lowest BCUT2D eigenvalue weighted by molar-refractivity contribution is 0.434. The van der Waals surface area contributed by atoms with E-state index in [-0.39, 0.29) is 5.54 Å². The molecule has 0 fully saturated rings. The molecule has 15 heavy (non-hydrogen) atoms. The second-order valence-electron chi connectivity index (χ2n) is 3.92. The lowest BCUT2D eigenvalue weighted by Gasteiger charge is -2.26. The van der Waals surface area contributed by atoms with Gasteiger partial charge < -0.3 is 15.1 Å². The molecule has 0 radical (unpaired) electrons. The van der Waals surface area contributed by atoms with E-state index in [2.05, 4.69) is 41.6 Å². The molecule has 1 heterocycles. The first kappa shape index (κ1) is 12.0. The Labute approximate surface area is 90.7 Å². The molecule has 0 unspecified atom stereocenters. The number of nitrogens with zero attached hydrogens (tertiary/aromatic N) is 2. The van der Waals surface area contributed by atoms with Crippen molar-refractivity contribution in [3.8, 4) is 0 Å². The molecule has 5 nitrogen and oxygen atoms in total. The maximum Gasteiger partial charge on any atom is 0.315 e. The average Bonchev–Trinajstić information content (AvgIpc) is 2.66. The summed E-state index contributed by atoms with van der Waals surface area (Å²) in [5.41, 5.74) is 0.0312. The molecule has 0 aliphatic rings. The highest BCUT2D eigenvalue weighted by molar-refractivity contribution is 5.23. The summed E-state index contributed by atoms with van der Waals surface area (Å²) < 4.78 is 5.43. The minimum Gasteiger partial charge on any atom is -0.407 e. The molecule has 0 atom stereocenters. The van der Waals surface area contributed by atoms with E-state index in [0.29, 0.717) is 18.5 Å². The molecule has 0 spiro atoms. The standard InChI is InChI=1S/C10H20N4O/c1-5-10(3,6-2)12-9-14-13-8(15-9)7-11-4/h11H,5-7H2,1-4H3,(H,12,14).